The van der Waals surface area contributed by atoms with Crippen LogP contribution >= 0.6 is 11.8 Å². The number of carbonyl (C=O) groups excluding carboxylic acids is 1. The van der Waals surface area contributed by atoms with E-state index in [0.717, 1.165) is 34.0 Å². The molecule has 0 fully saturated rings. The Morgan fingerprint density at radius 3 is 2.41 bits per heavy atom. The van der Waals surface area contributed by atoms with Crippen LogP contribution in [0.4, 0.5) is 0 Å². The van der Waals surface area contributed by atoms with Gasteiger partial charge in [0.2, 0.25) is 0 Å². The lowest BCUT2D eigenvalue weighted by Crippen LogP contribution is -2.20. The van der Waals surface area contributed by atoms with E-state index in [9.17, 15) is 4.79 Å². The summed E-state index contributed by atoms with van der Waals surface area (Å²) in [4.78, 5) is 12.4. The van der Waals surface area contributed by atoms with Crippen LogP contribution < -0.4 is 5.43 Å². The molecule has 4 aromatic rings. The molecule has 1 N–H and O–H groups in total. The number of hydrogen-bond acceptors (Lipinski definition) is 6. The van der Waals surface area contributed by atoms with Crippen molar-refractivity contribution in [3.8, 4) is 17.1 Å². The van der Waals surface area contributed by atoms with Gasteiger partial charge in [0.1, 0.15) is 0 Å². The Kier molecular flexibility index (Phi) is 6.46. The van der Waals surface area contributed by atoms with Gasteiger partial charge in [-0.15, -0.1) is 10.2 Å². The summed E-state index contributed by atoms with van der Waals surface area (Å²) in [5.41, 5.74) is 7.21. The number of hydrogen-bond donors (Lipinski definition) is 1. The van der Waals surface area contributed by atoms with Crippen LogP contribution in [0.15, 0.2) is 70.9 Å². The Morgan fingerprint density at radius 2 is 1.75 bits per heavy atom. The Morgan fingerprint density at radius 1 is 1.06 bits per heavy atom. The molecule has 162 valence electrons. The zero-order valence-corrected chi connectivity index (χ0v) is 18.9. The number of benzene rings is 2. The molecular formula is C23H23N7OS. The molecule has 2 aromatic carbocycles. The molecule has 0 saturated heterocycles. The number of carbonyl (C=O) groups is 1. The second-order valence-corrected chi connectivity index (χ2v) is 8.08. The first kappa shape index (κ1) is 21.5. The summed E-state index contributed by atoms with van der Waals surface area (Å²) >= 11 is 1.31. The maximum absolute atomic E-state index is 12.4. The fourth-order valence-electron chi connectivity index (χ4n) is 3.26. The monoisotopic (exact) mass is 445 g/mol. The minimum Gasteiger partial charge on any atom is -0.272 e. The first-order valence-electron chi connectivity index (χ1n) is 10.1. The van der Waals surface area contributed by atoms with Gasteiger partial charge in [-0.1, -0.05) is 60.3 Å². The fraction of sp³-hybridized carbons (Fsp3) is 0.174. The van der Waals surface area contributed by atoms with Crippen molar-refractivity contribution in [1.82, 2.24) is 30.0 Å². The van der Waals surface area contributed by atoms with E-state index in [0.29, 0.717) is 5.16 Å². The van der Waals surface area contributed by atoms with Crippen LogP contribution in [0.5, 0.6) is 0 Å². The summed E-state index contributed by atoms with van der Waals surface area (Å²) in [5.74, 6) is 0.650. The van der Waals surface area contributed by atoms with Gasteiger partial charge in [0.15, 0.2) is 11.0 Å². The molecule has 4 rings (SSSR count). The third-order valence-corrected chi connectivity index (χ3v) is 5.89. The summed E-state index contributed by atoms with van der Waals surface area (Å²) in [6.45, 7) is 3.87. The lowest BCUT2D eigenvalue weighted by atomic mass is 10.2. The Hall–Kier alpha value is -3.72. The molecule has 2 aromatic heterocycles. The van der Waals surface area contributed by atoms with Crippen LogP contribution in [0.3, 0.4) is 0 Å². The Labute approximate surface area is 190 Å². The van der Waals surface area contributed by atoms with Gasteiger partial charge >= 0.3 is 0 Å². The van der Waals surface area contributed by atoms with Gasteiger partial charge in [-0.3, -0.25) is 14.0 Å². The van der Waals surface area contributed by atoms with Gasteiger partial charge in [-0.2, -0.15) is 10.2 Å². The average Bonchev–Trinajstić information content (AvgIpc) is 3.34. The van der Waals surface area contributed by atoms with Gasteiger partial charge in [0, 0.05) is 29.6 Å². The van der Waals surface area contributed by atoms with E-state index in [1.165, 1.54) is 11.8 Å². The highest BCUT2D eigenvalue weighted by Gasteiger charge is 2.17. The summed E-state index contributed by atoms with van der Waals surface area (Å²) in [7, 11) is 1.88. The minimum absolute atomic E-state index is 0.155. The largest absolute Gasteiger partial charge is 0.272 e. The average molecular weight is 446 g/mol. The number of aromatic nitrogens is 5. The van der Waals surface area contributed by atoms with E-state index in [1.807, 2.05) is 86.1 Å². The van der Waals surface area contributed by atoms with Crippen molar-refractivity contribution in [3.63, 3.8) is 0 Å². The van der Waals surface area contributed by atoms with Gasteiger partial charge in [-0.05, 0) is 26.0 Å². The molecule has 0 saturated carbocycles. The molecule has 0 aliphatic carbocycles. The van der Waals surface area contributed by atoms with E-state index in [4.69, 9.17) is 0 Å². The summed E-state index contributed by atoms with van der Waals surface area (Å²) in [6.07, 6.45) is 1.63. The van der Waals surface area contributed by atoms with Crippen molar-refractivity contribution in [2.75, 3.05) is 5.75 Å². The van der Waals surface area contributed by atoms with Gasteiger partial charge in [0.25, 0.3) is 5.91 Å². The molecule has 8 nitrogen and oxygen atoms in total. The second kappa shape index (κ2) is 9.61. The van der Waals surface area contributed by atoms with E-state index in [-0.39, 0.29) is 11.7 Å². The van der Waals surface area contributed by atoms with Crippen LogP contribution in [0.2, 0.25) is 0 Å². The highest BCUT2D eigenvalue weighted by atomic mass is 32.2. The number of para-hydroxylation sites is 1. The standard InChI is InChI=1S/C23H23N7OS/c1-16-20(17(2)29(3)28-16)14-24-25-21(31)15-32-23-27-26-22(18-10-6-4-7-11-18)30(23)19-12-8-5-9-13-19/h4-14H,15H2,1-3H3,(H,25,31)/b24-14+. The molecule has 9 heteroatoms. The van der Waals surface area contributed by atoms with Crippen molar-refractivity contribution in [3.05, 3.63) is 77.6 Å². The van der Waals surface area contributed by atoms with Crippen molar-refractivity contribution in [1.29, 1.82) is 0 Å². The maximum Gasteiger partial charge on any atom is 0.250 e. The highest BCUT2D eigenvalue weighted by Crippen LogP contribution is 2.27. The van der Waals surface area contributed by atoms with Crippen LogP contribution in [0, 0.1) is 13.8 Å². The number of hydrazone groups is 1. The molecule has 0 aliphatic heterocycles. The summed E-state index contributed by atoms with van der Waals surface area (Å²) < 4.78 is 3.74. The van der Waals surface area contributed by atoms with Crippen molar-refractivity contribution in [2.24, 2.45) is 12.1 Å². The zero-order chi connectivity index (χ0) is 22.5. The van der Waals surface area contributed by atoms with Crippen molar-refractivity contribution >= 4 is 23.9 Å². The smallest absolute Gasteiger partial charge is 0.250 e. The van der Waals surface area contributed by atoms with Crippen LogP contribution in [-0.2, 0) is 11.8 Å². The molecule has 0 atom stereocenters. The quantitative estimate of drug-likeness (QED) is 0.267. The predicted molar refractivity (Wildman–Crippen MR) is 126 cm³/mol. The van der Waals surface area contributed by atoms with E-state index in [2.05, 4.69) is 25.8 Å². The molecule has 32 heavy (non-hydrogen) atoms. The van der Waals surface area contributed by atoms with E-state index < -0.39 is 0 Å². The first-order valence-corrected chi connectivity index (χ1v) is 11.0. The lowest BCUT2D eigenvalue weighted by molar-refractivity contribution is -0.118. The Bertz CT molecular complexity index is 1250. The number of rotatable bonds is 7. The topological polar surface area (TPSA) is 90.0 Å². The van der Waals surface area contributed by atoms with Crippen LogP contribution in [0.25, 0.3) is 17.1 Å². The van der Waals surface area contributed by atoms with Crippen molar-refractivity contribution < 1.29 is 4.79 Å². The third-order valence-electron chi connectivity index (χ3n) is 4.96. The number of nitrogens with zero attached hydrogens (tertiary/aromatic N) is 6. The maximum atomic E-state index is 12.4. The predicted octanol–water partition coefficient (Wildman–Crippen LogP) is 3.53. The SMILES string of the molecule is Cc1nn(C)c(C)c1/C=N/NC(=O)CSc1nnc(-c2ccccc2)n1-c1ccccc1. The first-order chi connectivity index (χ1) is 15.5. The molecule has 0 bridgehead atoms. The molecule has 0 radical (unpaired) electrons. The molecule has 0 unspecified atom stereocenters. The Balaban J connectivity index is 1.49. The second-order valence-electron chi connectivity index (χ2n) is 7.13. The van der Waals surface area contributed by atoms with Gasteiger partial charge in [-0.25, -0.2) is 5.43 Å². The normalized spacial score (nSPS) is 11.2. The summed E-state index contributed by atoms with van der Waals surface area (Å²) in [6, 6.07) is 19.7. The van der Waals surface area contributed by atoms with Crippen LogP contribution in [-0.4, -0.2) is 42.4 Å². The van der Waals surface area contributed by atoms with E-state index in [1.54, 1.807) is 10.9 Å². The molecule has 1 amide bonds. The fourth-order valence-corrected chi connectivity index (χ4v) is 4.00. The molecule has 0 aliphatic rings. The molecule has 0 spiro atoms. The zero-order valence-electron chi connectivity index (χ0n) is 18.1. The number of thioether (sulfide) groups is 1. The number of nitrogens with one attached hydrogen (secondary N) is 1. The number of amides is 1. The van der Waals surface area contributed by atoms with Gasteiger partial charge < -0.3 is 0 Å². The lowest BCUT2D eigenvalue weighted by Gasteiger charge is -2.10. The molecule has 2 heterocycles. The van der Waals surface area contributed by atoms with Gasteiger partial charge in [0.05, 0.1) is 17.7 Å². The van der Waals surface area contributed by atoms with Crippen molar-refractivity contribution in [2.45, 2.75) is 19.0 Å². The number of aryl methyl sites for hydroxylation is 2. The molecular weight excluding hydrogens is 422 g/mol. The van der Waals surface area contributed by atoms with Crippen LogP contribution in [0.1, 0.15) is 17.0 Å². The minimum atomic E-state index is -0.227. The third kappa shape index (κ3) is 4.62. The van der Waals surface area contributed by atoms with E-state index >= 15 is 0 Å². The highest BCUT2D eigenvalue weighted by molar-refractivity contribution is 7.99. The summed E-state index contributed by atoms with van der Waals surface area (Å²) in [5, 5.41) is 17.8.